The number of aromatic hydroxyl groups is 1. The third-order valence-electron chi connectivity index (χ3n) is 3.76. The minimum absolute atomic E-state index is 0.102. The van der Waals surface area contributed by atoms with Crippen molar-refractivity contribution in [3.05, 3.63) is 69.5 Å². The summed E-state index contributed by atoms with van der Waals surface area (Å²) in [6.07, 6.45) is 1.58. The van der Waals surface area contributed by atoms with Gasteiger partial charge < -0.3 is 14.7 Å². The molecule has 1 unspecified atom stereocenters. The lowest BCUT2D eigenvalue weighted by molar-refractivity contribution is 0.388. The molecule has 25 heavy (non-hydrogen) atoms. The van der Waals surface area contributed by atoms with Crippen molar-refractivity contribution >= 4 is 22.3 Å². The van der Waals surface area contributed by atoms with Gasteiger partial charge >= 0.3 is 0 Å². The Hall–Kier alpha value is -2.78. The molecule has 1 heterocycles. The van der Waals surface area contributed by atoms with Gasteiger partial charge in [-0.05, 0) is 23.8 Å². The zero-order valence-corrected chi connectivity index (χ0v) is 15.4. The number of nitrogens with zero attached hydrogens (tertiary/aromatic N) is 3. The average molecular weight is 398 g/mol. The minimum atomic E-state index is -0.309. The lowest BCUT2D eigenvalue weighted by atomic mass is 9.83. The van der Waals surface area contributed by atoms with E-state index in [1.165, 1.54) is 0 Å². The van der Waals surface area contributed by atoms with Crippen LogP contribution >= 0.6 is 15.9 Å². The lowest BCUT2D eigenvalue weighted by Gasteiger charge is -2.26. The molecule has 6 heteroatoms. The van der Waals surface area contributed by atoms with E-state index in [1.807, 2.05) is 38.4 Å². The summed E-state index contributed by atoms with van der Waals surface area (Å²) >= 11 is 3.43. The van der Waals surface area contributed by atoms with Crippen LogP contribution in [-0.2, 0) is 0 Å². The summed E-state index contributed by atoms with van der Waals surface area (Å²) in [5.74, 6) is 0.529. The molecule has 1 N–H and O–H groups in total. The standard InChI is InChI=1S/C19H16BrN3O2/c1-23(2)11-22-19-16(10-21)18(12-3-5-13(20)6-4-12)15-8-7-14(24)9-17(15)25-19/h3-9,11,18,24H,1-2H3. The second-order valence-electron chi connectivity index (χ2n) is 5.85. The van der Waals surface area contributed by atoms with Crippen molar-refractivity contribution in [2.75, 3.05) is 14.1 Å². The van der Waals surface area contributed by atoms with Gasteiger partial charge in [-0.2, -0.15) is 5.26 Å². The van der Waals surface area contributed by atoms with Gasteiger partial charge in [-0.25, -0.2) is 4.99 Å². The summed E-state index contributed by atoms with van der Waals surface area (Å²) in [6, 6.07) is 14.9. The second kappa shape index (κ2) is 6.99. The third kappa shape index (κ3) is 3.52. The van der Waals surface area contributed by atoms with Crippen molar-refractivity contribution in [2.24, 2.45) is 4.99 Å². The Morgan fingerprint density at radius 3 is 2.60 bits per heavy atom. The molecule has 0 saturated heterocycles. The van der Waals surface area contributed by atoms with Crippen molar-refractivity contribution < 1.29 is 9.84 Å². The van der Waals surface area contributed by atoms with Crippen molar-refractivity contribution in [1.29, 1.82) is 5.26 Å². The Balaban J connectivity index is 2.20. The second-order valence-corrected chi connectivity index (χ2v) is 6.76. The third-order valence-corrected chi connectivity index (χ3v) is 4.29. The van der Waals surface area contributed by atoms with Crippen LogP contribution in [0.5, 0.6) is 11.5 Å². The van der Waals surface area contributed by atoms with Gasteiger partial charge in [-0.15, -0.1) is 0 Å². The van der Waals surface area contributed by atoms with Gasteiger partial charge in [0.2, 0.25) is 5.88 Å². The molecule has 126 valence electrons. The van der Waals surface area contributed by atoms with Gasteiger partial charge in [-0.3, -0.25) is 0 Å². The van der Waals surface area contributed by atoms with Crippen molar-refractivity contribution in [1.82, 2.24) is 4.90 Å². The number of allylic oxidation sites excluding steroid dienone is 1. The van der Waals surface area contributed by atoms with Crippen LogP contribution in [0.3, 0.4) is 0 Å². The van der Waals surface area contributed by atoms with Crippen LogP contribution in [-0.4, -0.2) is 30.4 Å². The van der Waals surface area contributed by atoms with Crippen molar-refractivity contribution in [2.45, 2.75) is 5.92 Å². The first-order valence-corrected chi connectivity index (χ1v) is 8.40. The summed E-state index contributed by atoms with van der Waals surface area (Å²) in [5.41, 5.74) is 2.20. The van der Waals surface area contributed by atoms with Gasteiger partial charge in [0.1, 0.15) is 23.1 Å². The van der Waals surface area contributed by atoms with Gasteiger partial charge in [0, 0.05) is 30.2 Å². The number of benzene rings is 2. The van der Waals surface area contributed by atoms with E-state index in [0.717, 1.165) is 15.6 Å². The first-order chi connectivity index (χ1) is 12.0. The number of fused-ring (bicyclic) bond motifs is 1. The molecule has 0 aliphatic carbocycles. The molecule has 0 fully saturated rings. The minimum Gasteiger partial charge on any atom is -0.508 e. The molecule has 2 aromatic carbocycles. The number of aliphatic imine (C=N–C) groups is 1. The molecular formula is C19H16BrN3O2. The van der Waals surface area contributed by atoms with E-state index in [0.29, 0.717) is 11.3 Å². The number of rotatable bonds is 3. The summed E-state index contributed by atoms with van der Waals surface area (Å²) in [7, 11) is 3.68. The molecule has 5 nitrogen and oxygen atoms in total. The number of hydrogen-bond acceptors (Lipinski definition) is 4. The van der Waals surface area contributed by atoms with Crippen LogP contribution in [0, 0.1) is 11.3 Å². The maximum absolute atomic E-state index is 9.80. The average Bonchev–Trinajstić information content (AvgIpc) is 2.59. The largest absolute Gasteiger partial charge is 0.508 e. The van der Waals surface area contributed by atoms with Crippen LogP contribution in [0.2, 0.25) is 0 Å². The van der Waals surface area contributed by atoms with Gasteiger partial charge in [-0.1, -0.05) is 34.1 Å². The fourth-order valence-electron chi connectivity index (χ4n) is 2.67. The summed E-state index contributed by atoms with van der Waals surface area (Å²) in [6.45, 7) is 0. The molecule has 1 aliphatic rings. The molecule has 0 spiro atoms. The fraction of sp³-hybridized carbons (Fsp3) is 0.158. The predicted molar refractivity (Wildman–Crippen MR) is 99.5 cm³/mol. The van der Waals surface area contributed by atoms with Crippen molar-refractivity contribution in [3.8, 4) is 17.6 Å². The molecule has 2 aromatic rings. The molecule has 3 rings (SSSR count). The number of halogens is 1. The lowest BCUT2D eigenvalue weighted by Crippen LogP contribution is -2.17. The molecule has 1 atom stereocenters. The maximum Gasteiger partial charge on any atom is 0.235 e. The molecule has 0 amide bonds. The van der Waals surface area contributed by atoms with E-state index < -0.39 is 0 Å². The van der Waals surface area contributed by atoms with Crippen LogP contribution in [0.1, 0.15) is 17.0 Å². The Bertz CT molecular complexity index is 896. The Morgan fingerprint density at radius 2 is 1.96 bits per heavy atom. The molecule has 0 radical (unpaired) electrons. The highest BCUT2D eigenvalue weighted by Gasteiger charge is 2.31. The highest BCUT2D eigenvalue weighted by atomic mass is 79.9. The SMILES string of the molecule is CN(C)C=NC1=C(C#N)C(c2ccc(Br)cc2)c2ccc(O)cc2O1. The molecule has 1 aliphatic heterocycles. The summed E-state index contributed by atoms with van der Waals surface area (Å²) in [5, 5.41) is 19.6. The van der Waals surface area contributed by atoms with E-state index in [4.69, 9.17) is 4.74 Å². The summed E-state index contributed by atoms with van der Waals surface area (Å²) < 4.78 is 6.77. The van der Waals surface area contributed by atoms with Crippen LogP contribution in [0.15, 0.2) is 63.4 Å². The Labute approximate surface area is 154 Å². The smallest absolute Gasteiger partial charge is 0.235 e. The van der Waals surface area contributed by atoms with E-state index in [9.17, 15) is 10.4 Å². The molecular weight excluding hydrogens is 382 g/mol. The Morgan fingerprint density at radius 1 is 1.24 bits per heavy atom. The molecule has 0 bridgehead atoms. The predicted octanol–water partition coefficient (Wildman–Crippen LogP) is 4.00. The highest BCUT2D eigenvalue weighted by molar-refractivity contribution is 9.10. The molecule has 0 aromatic heterocycles. The van der Waals surface area contributed by atoms with Crippen molar-refractivity contribution in [3.63, 3.8) is 0 Å². The topological polar surface area (TPSA) is 68.9 Å². The Kier molecular flexibility index (Phi) is 4.77. The number of ether oxygens (including phenoxy) is 1. The maximum atomic E-state index is 9.80. The normalized spacial score (nSPS) is 16.3. The zero-order chi connectivity index (χ0) is 18.0. The number of phenolic OH excluding ortho intramolecular Hbond substituents is 1. The van der Waals surface area contributed by atoms with E-state index in [-0.39, 0.29) is 17.6 Å². The fourth-order valence-corrected chi connectivity index (χ4v) is 2.93. The number of hydrogen-bond donors (Lipinski definition) is 1. The van der Waals surface area contributed by atoms with E-state index >= 15 is 0 Å². The summed E-state index contributed by atoms with van der Waals surface area (Å²) in [4.78, 5) is 6.06. The molecule has 0 saturated carbocycles. The highest BCUT2D eigenvalue weighted by Crippen LogP contribution is 2.44. The van der Waals surface area contributed by atoms with Gasteiger partial charge in [0.15, 0.2) is 0 Å². The quantitative estimate of drug-likeness (QED) is 0.627. The number of phenols is 1. The van der Waals surface area contributed by atoms with Crippen LogP contribution in [0.25, 0.3) is 0 Å². The zero-order valence-electron chi connectivity index (χ0n) is 13.8. The number of nitriles is 1. The van der Waals surface area contributed by atoms with E-state index in [2.05, 4.69) is 27.0 Å². The van der Waals surface area contributed by atoms with Crippen LogP contribution in [0.4, 0.5) is 0 Å². The van der Waals surface area contributed by atoms with E-state index in [1.54, 1.807) is 29.4 Å². The monoisotopic (exact) mass is 397 g/mol. The first kappa shape index (κ1) is 17.1. The van der Waals surface area contributed by atoms with Gasteiger partial charge in [0.25, 0.3) is 0 Å². The van der Waals surface area contributed by atoms with Gasteiger partial charge in [0.05, 0.1) is 12.3 Å². The van der Waals surface area contributed by atoms with Crippen LogP contribution < -0.4 is 4.74 Å². The first-order valence-electron chi connectivity index (χ1n) is 7.60.